The molecule has 3 aromatic rings. The number of hydrogen-bond donors (Lipinski definition) is 0. The number of aryl methyl sites for hydroxylation is 1. The van der Waals surface area contributed by atoms with Crippen molar-refractivity contribution in [1.29, 1.82) is 0 Å². The largest absolute Gasteiger partial charge is 0.480 e. The maximum absolute atomic E-state index is 5.35. The van der Waals surface area contributed by atoms with Gasteiger partial charge >= 0.3 is 0 Å². The first-order valence-corrected chi connectivity index (χ1v) is 6.17. The molecule has 0 bridgehead atoms. The van der Waals surface area contributed by atoms with Gasteiger partial charge in [0, 0.05) is 17.3 Å². The molecular weight excluding hydrogens is 254 g/mol. The molecule has 0 aliphatic rings. The van der Waals surface area contributed by atoms with Crippen molar-refractivity contribution in [3.63, 3.8) is 0 Å². The second kappa shape index (κ2) is 5.13. The summed E-state index contributed by atoms with van der Waals surface area (Å²) < 4.78 is 10.6. The highest BCUT2D eigenvalue weighted by molar-refractivity contribution is 5.67. The zero-order chi connectivity index (χ0) is 13.9. The summed E-state index contributed by atoms with van der Waals surface area (Å²) in [5.41, 5.74) is 2.55. The van der Waals surface area contributed by atoms with Gasteiger partial charge in [-0.15, -0.1) is 0 Å². The van der Waals surface area contributed by atoms with E-state index >= 15 is 0 Å². The first-order valence-electron chi connectivity index (χ1n) is 6.17. The summed E-state index contributed by atoms with van der Waals surface area (Å²) in [6.07, 6.45) is 3.35. The summed E-state index contributed by atoms with van der Waals surface area (Å²) in [5, 5.41) is 3.77. The van der Waals surface area contributed by atoms with Crippen LogP contribution in [-0.4, -0.2) is 22.2 Å². The molecule has 0 spiro atoms. The molecule has 1 aromatic carbocycles. The number of ether oxygens (including phenoxy) is 1. The van der Waals surface area contributed by atoms with Crippen LogP contribution < -0.4 is 4.74 Å². The standard InChI is InChI=1S/C15H13N3O2/c1-10-8-17-20-13(10)12-9-16-14(18-15(12)19-2)11-6-4-3-5-7-11/h3-9H,1-2H3. The molecule has 2 heterocycles. The smallest absolute Gasteiger partial charge is 0.228 e. The molecule has 20 heavy (non-hydrogen) atoms. The average molecular weight is 267 g/mol. The summed E-state index contributed by atoms with van der Waals surface area (Å²) in [7, 11) is 1.58. The quantitative estimate of drug-likeness (QED) is 0.729. The van der Waals surface area contributed by atoms with E-state index in [4.69, 9.17) is 9.26 Å². The SMILES string of the molecule is COc1nc(-c2ccccc2)ncc1-c1oncc1C. The second-order valence-electron chi connectivity index (χ2n) is 4.32. The number of benzene rings is 1. The van der Waals surface area contributed by atoms with E-state index in [-0.39, 0.29) is 0 Å². The van der Waals surface area contributed by atoms with Gasteiger partial charge in [0.05, 0.1) is 13.3 Å². The molecular formula is C15H13N3O2. The van der Waals surface area contributed by atoms with E-state index in [1.54, 1.807) is 19.5 Å². The predicted molar refractivity (Wildman–Crippen MR) is 74.3 cm³/mol. The lowest BCUT2D eigenvalue weighted by atomic mass is 10.1. The maximum atomic E-state index is 5.35. The minimum atomic E-state index is 0.471. The van der Waals surface area contributed by atoms with Crippen molar-refractivity contribution in [3.05, 3.63) is 48.3 Å². The van der Waals surface area contributed by atoms with Gasteiger partial charge in [-0.1, -0.05) is 35.5 Å². The van der Waals surface area contributed by atoms with Crippen LogP contribution in [0, 0.1) is 6.92 Å². The average Bonchev–Trinajstić information content (AvgIpc) is 2.93. The molecule has 3 rings (SSSR count). The zero-order valence-electron chi connectivity index (χ0n) is 11.2. The van der Waals surface area contributed by atoms with Crippen molar-refractivity contribution >= 4 is 0 Å². The number of nitrogens with zero attached hydrogens (tertiary/aromatic N) is 3. The minimum absolute atomic E-state index is 0.471. The minimum Gasteiger partial charge on any atom is -0.480 e. The van der Waals surface area contributed by atoms with Gasteiger partial charge in [-0.3, -0.25) is 0 Å². The topological polar surface area (TPSA) is 61.0 Å². The van der Waals surface area contributed by atoms with E-state index in [0.717, 1.165) is 11.1 Å². The fraction of sp³-hybridized carbons (Fsp3) is 0.133. The summed E-state index contributed by atoms with van der Waals surface area (Å²) in [6.45, 7) is 1.91. The Balaban J connectivity index is 2.10. The van der Waals surface area contributed by atoms with Gasteiger partial charge in [0.1, 0.15) is 5.56 Å². The van der Waals surface area contributed by atoms with Gasteiger partial charge in [-0.2, -0.15) is 4.98 Å². The summed E-state index contributed by atoms with van der Waals surface area (Å²) in [5.74, 6) is 1.71. The zero-order valence-corrected chi connectivity index (χ0v) is 11.2. The first kappa shape index (κ1) is 12.3. The molecule has 0 saturated carbocycles. The highest BCUT2D eigenvalue weighted by atomic mass is 16.5. The van der Waals surface area contributed by atoms with Crippen LogP contribution in [0.1, 0.15) is 5.56 Å². The van der Waals surface area contributed by atoms with Gasteiger partial charge in [0.25, 0.3) is 0 Å². The molecule has 100 valence electrons. The Kier molecular flexibility index (Phi) is 3.16. The highest BCUT2D eigenvalue weighted by Gasteiger charge is 2.16. The molecule has 0 atom stereocenters. The Morgan fingerprint density at radius 1 is 1.10 bits per heavy atom. The van der Waals surface area contributed by atoms with Crippen LogP contribution in [0.3, 0.4) is 0 Å². The van der Waals surface area contributed by atoms with Crippen molar-refractivity contribution in [3.8, 4) is 28.6 Å². The third-order valence-corrected chi connectivity index (χ3v) is 2.97. The first-order chi connectivity index (χ1) is 9.79. The molecule has 0 aliphatic heterocycles. The maximum Gasteiger partial charge on any atom is 0.228 e. The lowest BCUT2D eigenvalue weighted by molar-refractivity contribution is 0.391. The van der Waals surface area contributed by atoms with Crippen molar-refractivity contribution in [1.82, 2.24) is 15.1 Å². The Morgan fingerprint density at radius 2 is 1.90 bits per heavy atom. The summed E-state index contributed by atoms with van der Waals surface area (Å²) >= 11 is 0. The number of aromatic nitrogens is 3. The van der Waals surface area contributed by atoms with Crippen molar-refractivity contribution in [2.75, 3.05) is 7.11 Å². The second-order valence-corrected chi connectivity index (χ2v) is 4.32. The number of hydrogen-bond acceptors (Lipinski definition) is 5. The molecule has 5 heteroatoms. The summed E-state index contributed by atoms with van der Waals surface area (Å²) in [4.78, 5) is 8.81. The number of methoxy groups -OCH3 is 1. The van der Waals surface area contributed by atoms with E-state index < -0.39 is 0 Å². The van der Waals surface area contributed by atoms with Gasteiger partial charge in [-0.05, 0) is 6.92 Å². The molecule has 0 fully saturated rings. The van der Waals surface area contributed by atoms with E-state index in [2.05, 4.69) is 15.1 Å². The Morgan fingerprint density at radius 3 is 2.55 bits per heavy atom. The third kappa shape index (κ3) is 2.14. The Bertz CT molecular complexity index is 723. The van der Waals surface area contributed by atoms with Crippen LogP contribution in [0.4, 0.5) is 0 Å². The molecule has 0 aliphatic carbocycles. The van der Waals surface area contributed by atoms with Gasteiger partial charge < -0.3 is 9.26 Å². The van der Waals surface area contributed by atoms with E-state index in [1.807, 2.05) is 37.3 Å². The molecule has 5 nitrogen and oxygen atoms in total. The van der Waals surface area contributed by atoms with Crippen LogP contribution in [0.25, 0.3) is 22.7 Å². The monoisotopic (exact) mass is 267 g/mol. The van der Waals surface area contributed by atoms with Gasteiger partial charge in [0.2, 0.25) is 5.88 Å². The highest BCUT2D eigenvalue weighted by Crippen LogP contribution is 2.31. The van der Waals surface area contributed by atoms with Crippen molar-refractivity contribution < 1.29 is 9.26 Å². The van der Waals surface area contributed by atoms with Crippen LogP contribution in [0.5, 0.6) is 5.88 Å². The Hall–Kier alpha value is -2.69. The molecule has 2 aromatic heterocycles. The van der Waals surface area contributed by atoms with Crippen molar-refractivity contribution in [2.24, 2.45) is 0 Å². The van der Waals surface area contributed by atoms with E-state index in [1.165, 1.54) is 0 Å². The van der Waals surface area contributed by atoms with Crippen LogP contribution in [0.15, 0.2) is 47.2 Å². The lowest BCUT2D eigenvalue weighted by Gasteiger charge is -2.07. The fourth-order valence-electron chi connectivity index (χ4n) is 1.95. The summed E-state index contributed by atoms with van der Waals surface area (Å²) in [6, 6.07) is 9.74. The van der Waals surface area contributed by atoms with Crippen LogP contribution >= 0.6 is 0 Å². The lowest BCUT2D eigenvalue weighted by Crippen LogP contribution is -1.96. The van der Waals surface area contributed by atoms with Gasteiger partial charge in [-0.25, -0.2) is 4.98 Å². The van der Waals surface area contributed by atoms with E-state index in [0.29, 0.717) is 23.0 Å². The Labute approximate surface area is 116 Å². The van der Waals surface area contributed by atoms with Crippen LogP contribution in [-0.2, 0) is 0 Å². The fourth-order valence-corrected chi connectivity index (χ4v) is 1.95. The third-order valence-electron chi connectivity index (χ3n) is 2.97. The molecule has 0 N–H and O–H groups in total. The van der Waals surface area contributed by atoms with Gasteiger partial charge in [0.15, 0.2) is 11.6 Å². The molecule has 0 amide bonds. The normalized spacial score (nSPS) is 10.5. The molecule has 0 saturated heterocycles. The number of rotatable bonds is 3. The van der Waals surface area contributed by atoms with E-state index in [9.17, 15) is 0 Å². The van der Waals surface area contributed by atoms with Crippen LogP contribution in [0.2, 0.25) is 0 Å². The molecule has 0 radical (unpaired) electrons. The van der Waals surface area contributed by atoms with Crippen molar-refractivity contribution in [2.45, 2.75) is 6.92 Å². The predicted octanol–water partition coefficient (Wildman–Crippen LogP) is 3.12. The molecule has 0 unspecified atom stereocenters.